The number of hydrogen-bond donors (Lipinski definition) is 5. The lowest BCUT2D eigenvalue weighted by molar-refractivity contribution is -0.192. The van der Waals surface area contributed by atoms with Crippen LogP contribution in [0.1, 0.15) is 24.8 Å². The molecular weight excluding hydrogens is 812 g/mol. The van der Waals surface area contributed by atoms with Crippen LogP contribution in [0.15, 0.2) is 65.6 Å². The summed E-state index contributed by atoms with van der Waals surface area (Å²) >= 11 is 5.91. The molecule has 7 rings (SSSR count). The Morgan fingerprint density at radius 1 is 0.966 bits per heavy atom. The van der Waals surface area contributed by atoms with E-state index in [1.807, 2.05) is 39.2 Å². The number of aliphatic carboxylic acids is 2. The Balaban J connectivity index is 0.000000224. The number of benzene rings is 2. The van der Waals surface area contributed by atoms with Crippen LogP contribution in [0.2, 0.25) is 0 Å². The number of amides is 1. The van der Waals surface area contributed by atoms with Crippen LogP contribution in [0.5, 0.6) is 0 Å². The Labute approximate surface area is 351 Å². The van der Waals surface area contributed by atoms with E-state index in [0.29, 0.717) is 47.6 Å². The molecule has 4 aliphatic heterocycles. The maximum atomic E-state index is 13.0. The highest BCUT2D eigenvalue weighted by molar-refractivity contribution is 7.98. The number of carboxylic acid groups (broad SMARTS) is 2. The number of alkyl halides is 3. The Hall–Kier alpha value is -4.30. The van der Waals surface area contributed by atoms with E-state index in [0.717, 1.165) is 77.3 Å². The normalized spacial score (nSPS) is 19.7. The predicted molar refractivity (Wildman–Crippen MR) is 222 cm³/mol. The first-order chi connectivity index (χ1) is 28.1. The van der Waals surface area contributed by atoms with Gasteiger partial charge in [0.05, 0.1) is 12.2 Å². The number of rotatable bonds is 17. The molecule has 2 aromatic carbocycles. The van der Waals surface area contributed by atoms with Crippen molar-refractivity contribution in [3.05, 3.63) is 71.2 Å². The molecule has 0 aromatic heterocycles. The molecule has 322 valence electrons. The number of carbonyl (C=O) groups is 5. The minimum Gasteiger partial charge on any atom is -0.480 e. The van der Waals surface area contributed by atoms with Crippen molar-refractivity contribution < 1.29 is 47.4 Å². The second-order valence-corrected chi connectivity index (χ2v) is 16.3. The Morgan fingerprint density at radius 2 is 1.59 bits per heavy atom. The van der Waals surface area contributed by atoms with Crippen LogP contribution in [0, 0.1) is 0 Å². The average Bonchev–Trinajstić information content (AvgIpc) is 4.05. The van der Waals surface area contributed by atoms with Gasteiger partial charge in [-0.1, -0.05) is 42.5 Å². The number of allylic oxidation sites excluding steroid dienone is 1. The first-order valence-corrected chi connectivity index (χ1v) is 21.5. The molecule has 4 heterocycles. The van der Waals surface area contributed by atoms with Crippen molar-refractivity contribution in [1.29, 1.82) is 0 Å². The molecule has 1 aliphatic carbocycles. The van der Waals surface area contributed by atoms with E-state index >= 15 is 0 Å². The first kappa shape index (κ1) is 45.8. The smallest absolute Gasteiger partial charge is 0.480 e. The van der Waals surface area contributed by atoms with E-state index in [1.165, 1.54) is 16.8 Å². The van der Waals surface area contributed by atoms with E-state index < -0.39 is 24.2 Å². The van der Waals surface area contributed by atoms with Crippen LogP contribution in [0.4, 0.5) is 13.2 Å². The molecule has 0 radical (unpaired) electrons. The Morgan fingerprint density at radius 3 is 2.19 bits per heavy atom. The van der Waals surface area contributed by atoms with Crippen molar-refractivity contribution >= 4 is 64.6 Å². The summed E-state index contributed by atoms with van der Waals surface area (Å²) in [5.41, 5.74) is 9.23. The zero-order valence-electron chi connectivity index (χ0n) is 32.9. The van der Waals surface area contributed by atoms with Crippen LogP contribution in [0.25, 0.3) is 10.8 Å². The third kappa shape index (κ3) is 13.3. The first-order valence-electron chi connectivity index (χ1n) is 19.5. The fourth-order valence-electron chi connectivity index (χ4n) is 7.07. The van der Waals surface area contributed by atoms with Gasteiger partial charge in [0.25, 0.3) is 0 Å². The van der Waals surface area contributed by atoms with E-state index in [4.69, 9.17) is 15.6 Å². The molecule has 5 N–H and O–H groups in total. The number of ketones is 2. The van der Waals surface area contributed by atoms with Crippen LogP contribution in [-0.2, 0) is 30.5 Å². The van der Waals surface area contributed by atoms with Gasteiger partial charge < -0.3 is 36.0 Å². The third-order valence-electron chi connectivity index (χ3n) is 10.3. The number of nitrogens with one attached hydrogen (secondary N) is 1. The lowest BCUT2D eigenvalue weighted by atomic mass is 10.0. The minimum atomic E-state index is -5.08. The zero-order chi connectivity index (χ0) is 42.9. The topological polar surface area (TPSA) is 179 Å². The molecule has 3 atom stereocenters. The number of carboxylic acids is 2. The van der Waals surface area contributed by atoms with Crippen LogP contribution in [0.3, 0.4) is 0 Å². The van der Waals surface area contributed by atoms with Gasteiger partial charge in [0, 0.05) is 82.8 Å². The molecule has 0 saturated carbocycles. The molecule has 4 saturated heterocycles. The van der Waals surface area contributed by atoms with Gasteiger partial charge in [0.15, 0.2) is 0 Å². The van der Waals surface area contributed by atoms with Gasteiger partial charge in [-0.15, -0.1) is 0 Å². The number of likely N-dealkylation sites (tertiary alicyclic amines) is 1. The van der Waals surface area contributed by atoms with E-state index in [1.54, 1.807) is 11.8 Å². The number of carbonyl (C=O) groups excluding carboxylic acids is 3. The fraction of sp³-hybridized carbons (Fsp3) is 0.525. The van der Waals surface area contributed by atoms with Crippen LogP contribution < -0.4 is 11.1 Å². The van der Waals surface area contributed by atoms with Gasteiger partial charge in [0.1, 0.15) is 17.4 Å². The van der Waals surface area contributed by atoms with E-state index in [-0.39, 0.29) is 30.1 Å². The number of fused-ring (bicyclic) bond motifs is 1. The molecule has 19 heteroatoms. The highest BCUT2D eigenvalue weighted by Crippen LogP contribution is 2.34. The highest BCUT2D eigenvalue weighted by Gasteiger charge is 2.43. The van der Waals surface area contributed by atoms with Gasteiger partial charge in [-0.3, -0.25) is 24.2 Å². The highest BCUT2D eigenvalue weighted by atomic mass is 32.2. The number of Topliss-reactive ketones (excluding diaryl/α,β-unsaturated/α-hetero) is 1. The molecule has 1 amide bonds. The third-order valence-corrected chi connectivity index (χ3v) is 11.4. The van der Waals surface area contributed by atoms with Gasteiger partial charge in [0.2, 0.25) is 17.5 Å². The van der Waals surface area contributed by atoms with E-state index in [2.05, 4.69) is 52.0 Å². The predicted octanol–water partition coefficient (Wildman–Crippen LogP) is 2.50. The number of thiol groups is 1. The quantitative estimate of drug-likeness (QED) is 0.0891. The van der Waals surface area contributed by atoms with Crippen molar-refractivity contribution in [2.75, 3.05) is 83.2 Å². The molecule has 4 fully saturated rings. The summed E-state index contributed by atoms with van der Waals surface area (Å²) in [5, 5.41) is 21.8. The summed E-state index contributed by atoms with van der Waals surface area (Å²) in [7, 11) is 0. The molecule has 0 spiro atoms. The van der Waals surface area contributed by atoms with Crippen molar-refractivity contribution in [3.63, 3.8) is 0 Å². The Kier molecular flexibility index (Phi) is 16.1. The molecule has 14 nitrogen and oxygen atoms in total. The second-order valence-electron chi connectivity index (χ2n) is 15.0. The molecule has 2 aromatic rings. The monoisotopic (exact) mass is 863 g/mol. The minimum absolute atomic E-state index is 0.00546. The lowest BCUT2D eigenvalue weighted by Crippen LogP contribution is -2.49. The molecule has 59 heavy (non-hydrogen) atoms. The summed E-state index contributed by atoms with van der Waals surface area (Å²) in [4.78, 5) is 68.6. The number of halogens is 3. The summed E-state index contributed by atoms with van der Waals surface area (Å²) < 4.78 is 31.7. The van der Waals surface area contributed by atoms with Crippen molar-refractivity contribution in [2.45, 2.75) is 50.1 Å². The maximum absolute atomic E-state index is 13.0. The maximum Gasteiger partial charge on any atom is 0.490 e. The van der Waals surface area contributed by atoms with Gasteiger partial charge in [-0.25, -0.2) is 9.59 Å². The number of thioether (sulfide) groups is 1. The summed E-state index contributed by atoms with van der Waals surface area (Å²) in [6.07, 6.45) is 0.936. The van der Waals surface area contributed by atoms with Crippen LogP contribution >= 0.6 is 24.4 Å². The van der Waals surface area contributed by atoms with Crippen LogP contribution in [-0.4, -0.2) is 172 Å². The molecule has 2 unspecified atom stereocenters. The van der Waals surface area contributed by atoms with Gasteiger partial charge in [-0.05, 0) is 54.2 Å². The SMILES string of the molecule is CSCCC(NC(=O)CN(Cc1cccc2ccccc12)C[C@@H]1CCCN1CC(N)CS)C(=O)O.O=C(O)C(F)(F)F.O=C1C=C(N2CC2)C(=O)C(N2CC2)=C1N1CC1. The molecule has 5 aliphatic rings. The summed E-state index contributed by atoms with van der Waals surface area (Å²) in [5.74, 6) is -2.64. The molecule has 0 bridgehead atoms. The van der Waals surface area contributed by atoms with Gasteiger partial charge in [-0.2, -0.15) is 37.6 Å². The summed E-state index contributed by atoms with van der Waals surface area (Å²) in [6.45, 7) is 8.67. The largest absolute Gasteiger partial charge is 0.490 e. The average molecular weight is 864 g/mol. The standard InChI is InChI=1S/C26H38N4O3S2.C12H13N3O2.C2HF3O2/c1-35-13-11-24(26(32)33)28-25(31)17-29(16-22-9-5-12-30(22)15-21(27)18-34)14-20-8-4-7-19-6-2-3-10-23(19)20;16-9-7-8(13-1-2-13)12(17)11(15-5-6-15)10(9)14-3-4-14;3-2(4,5)1(6)7/h2-4,6-8,10,21-22,24,34H,5,9,11-18,27H2,1H3,(H,28,31)(H,32,33);7H,1-6H2;(H,6,7)/t21?,22-,24?;;/m0../s1. The lowest BCUT2D eigenvalue weighted by Gasteiger charge is -2.32. The zero-order valence-corrected chi connectivity index (χ0v) is 34.6. The second kappa shape index (κ2) is 20.8. The molecular formula is C40H52F3N7O7S2. The van der Waals surface area contributed by atoms with Crippen molar-refractivity contribution in [1.82, 2.24) is 29.8 Å². The van der Waals surface area contributed by atoms with Gasteiger partial charge >= 0.3 is 18.1 Å². The number of nitrogens with two attached hydrogens (primary N) is 1. The fourth-order valence-corrected chi connectivity index (χ4v) is 7.65. The summed E-state index contributed by atoms with van der Waals surface area (Å²) in [6, 6.07) is 14.0. The van der Waals surface area contributed by atoms with Crippen molar-refractivity contribution in [2.24, 2.45) is 5.73 Å². The number of hydrogen-bond acceptors (Lipinski definition) is 13. The van der Waals surface area contributed by atoms with E-state index in [9.17, 15) is 37.5 Å². The van der Waals surface area contributed by atoms with Crippen molar-refractivity contribution in [3.8, 4) is 0 Å². The number of nitrogens with zero attached hydrogens (tertiary/aromatic N) is 5. The Bertz CT molecular complexity index is 1920.